The molecule has 3 atom stereocenters. The Bertz CT molecular complexity index is 772. The molecule has 1 aliphatic carbocycles. The van der Waals surface area contributed by atoms with Gasteiger partial charge in [-0.1, -0.05) is 12.8 Å². The van der Waals surface area contributed by atoms with Crippen molar-refractivity contribution in [2.45, 2.75) is 50.7 Å². The van der Waals surface area contributed by atoms with Crippen molar-refractivity contribution in [1.82, 2.24) is 20.6 Å². The third-order valence-corrected chi connectivity index (χ3v) is 6.03. The number of methoxy groups -OCH3 is 2. The van der Waals surface area contributed by atoms with E-state index in [0.717, 1.165) is 25.7 Å². The van der Waals surface area contributed by atoms with Gasteiger partial charge in [0.15, 0.2) is 0 Å². The first-order chi connectivity index (χ1) is 15.1. The van der Waals surface area contributed by atoms with Gasteiger partial charge in [-0.15, -0.1) is 24.8 Å². The molecule has 10 nitrogen and oxygen atoms in total. The van der Waals surface area contributed by atoms with Gasteiger partial charge < -0.3 is 30.7 Å². The van der Waals surface area contributed by atoms with Crippen LogP contribution in [0.2, 0.25) is 0 Å². The lowest BCUT2D eigenvalue weighted by Crippen LogP contribution is -2.48. The number of ether oxygens (including phenoxy) is 2. The molecule has 2 heterocycles. The first-order valence-corrected chi connectivity index (χ1v) is 11.0. The van der Waals surface area contributed by atoms with Gasteiger partial charge in [0.1, 0.15) is 11.9 Å². The number of nitrogens with one attached hydrogen (secondary N) is 2. The van der Waals surface area contributed by atoms with E-state index < -0.39 is 0 Å². The summed E-state index contributed by atoms with van der Waals surface area (Å²) in [4.78, 5) is 36.6. The van der Waals surface area contributed by atoms with Crippen LogP contribution in [0.4, 0.5) is 5.82 Å². The van der Waals surface area contributed by atoms with Gasteiger partial charge >= 0.3 is 0 Å². The zero-order chi connectivity index (χ0) is 22.2. The Balaban J connectivity index is 0.00000272. The summed E-state index contributed by atoms with van der Waals surface area (Å²) in [6.07, 6.45) is 5.18. The SMILES string of the molecule is COCCNC(=O)c1nc(CN)cc(N2C(C(=O)NCCOC)CC3CCCCC32)n1.Cl.Cl. The fourth-order valence-electron chi connectivity index (χ4n) is 4.58. The number of nitrogens with two attached hydrogens (primary N) is 1. The second-order valence-electron chi connectivity index (χ2n) is 8.05. The highest BCUT2D eigenvalue weighted by Crippen LogP contribution is 2.42. The zero-order valence-electron chi connectivity index (χ0n) is 19.2. The maximum atomic E-state index is 13.0. The van der Waals surface area contributed by atoms with Crippen LogP contribution in [0.3, 0.4) is 0 Å². The highest BCUT2D eigenvalue weighted by Gasteiger charge is 2.46. The predicted molar refractivity (Wildman–Crippen MR) is 130 cm³/mol. The number of hydrogen-bond acceptors (Lipinski definition) is 8. The molecule has 0 radical (unpaired) electrons. The molecule has 1 saturated carbocycles. The molecule has 1 aromatic heterocycles. The molecule has 1 aromatic rings. The fraction of sp³-hybridized carbons (Fsp3) is 0.714. The molecule has 3 rings (SSSR count). The summed E-state index contributed by atoms with van der Waals surface area (Å²) in [6, 6.07) is 1.69. The highest BCUT2D eigenvalue weighted by atomic mass is 35.5. The van der Waals surface area contributed by atoms with E-state index in [1.807, 2.05) is 0 Å². The number of carbonyl (C=O) groups excluding carboxylic acids is 2. The van der Waals surface area contributed by atoms with Crippen molar-refractivity contribution in [1.29, 1.82) is 0 Å². The van der Waals surface area contributed by atoms with Crippen molar-refractivity contribution in [3.63, 3.8) is 0 Å². The van der Waals surface area contributed by atoms with Crippen molar-refractivity contribution in [3.05, 3.63) is 17.6 Å². The van der Waals surface area contributed by atoms with Gasteiger partial charge in [-0.05, 0) is 25.2 Å². The van der Waals surface area contributed by atoms with Gasteiger partial charge in [-0.25, -0.2) is 9.97 Å². The van der Waals surface area contributed by atoms with E-state index in [0.29, 0.717) is 43.7 Å². The summed E-state index contributed by atoms with van der Waals surface area (Å²) in [6.45, 7) is 1.86. The van der Waals surface area contributed by atoms with E-state index in [2.05, 4.69) is 25.5 Å². The molecular formula is C21H36Cl2N6O4. The number of halogens is 2. The molecule has 1 saturated heterocycles. The van der Waals surface area contributed by atoms with Crippen LogP contribution in [0, 0.1) is 5.92 Å². The predicted octanol–water partition coefficient (Wildman–Crippen LogP) is 1.06. The molecule has 1 aliphatic heterocycles. The second kappa shape index (κ2) is 14.5. The van der Waals surface area contributed by atoms with Gasteiger partial charge in [-0.2, -0.15) is 0 Å². The Morgan fingerprint density at radius 1 is 1.09 bits per heavy atom. The summed E-state index contributed by atoms with van der Waals surface area (Å²) in [5.74, 6) is 0.669. The molecule has 0 bridgehead atoms. The fourth-order valence-corrected chi connectivity index (χ4v) is 4.58. The van der Waals surface area contributed by atoms with Gasteiger partial charge in [0, 0.05) is 46.0 Å². The molecule has 2 fully saturated rings. The van der Waals surface area contributed by atoms with Crippen molar-refractivity contribution in [3.8, 4) is 0 Å². The van der Waals surface area contributed by atoms with E-state index >= 15 is 0 Å². The maximum Gasteiger partial charge on any atom is 0.289 e. The topological polar surface area (TPSA) is 132 Å². The minimum atomic E-state index is -0.380. The average Bonchev–Trinajstić information content (AvgIpc) is 3.18. The molecule has 188 valence electrons. The van der Waals surface area contributed by atoms with Gasteiger partial charge in [-0.3, -0.25) is 9.59 Å². The third-order valence-electron chi connectivity index (χ3n) is 6.03. The van der Waals surface area contributed by atoms with Crippen molar-refractivity contribution < 1.29 is 19.1 Å². The number of amides is 2. The lowest BCUT2D eigenvalue weighted by atomic mass is 9.84. The molecule has 33 heavy (non-hydrogen) atoms. The monoisotopic (exact) mass is 506 g/mol. The largest absolute Gasteiger partial charge is 0.383 e. The molecule has 12 heteroatoms. The molecule has 2 aliphatic rings. The number of rotatable bonds is 10. The molecule has 2 amide bonds. The Morgan fingerprint density at radius 3 is 2.42 bits per heavy atom. The number of nitrogens with zero attached hydrogens (tertiary/aromatic N) is 3. The molecule has 4 N–H and O–H groups in total. The van der Waals surface area contributed by atoms with Gasteiger partial charge in [0.25, 0.3) is 5.91 Å². The molecule has 0 spiro atoms. The summed E-state index contributed by atoms with van der Waals surface area (Å²) >= 11 is 0. The van der Waals surface area contributed by atoms with Crippen molar-refractivity contribution in [2.75, 3.05) is 45.4 Å². The number of fused-ring (bicyclic) bond motifs is 1. The number of anilines is 1. The van der Waals surface area contributed by atoms with Crippen molar-refractivity contribution >= 4 is 42.4 Å². The lowest BCUT2D eigenvalue weighted by molar-refractivity contribution is -0.122. The van der Waals surface area contributed by atoms with Crippen LogP contribution in [0.5, 0.6) is 0 Å². The normalized spacial score (nSPS) is 21.4. The Kier molecular flexibility index (Phi) is 12.9. The van der Waals surface area contributed by atoms with Crippen LogP contribution >= 0.6 is 24.8 Å². The van der Waals surface area contributed by atoms with Crippen LogP contribution in [0.25, 0.3) is 0 Å². The minimum Gasteiger partial charge on any atom is -0.383 e. The first-order valence-electron chi connectivity index (χ1n) is 11.0. The van der Waals surface area contributed by atoms with E-state index in [9.17, 15) is 9.59 Å². The minimum absolute atomic E-state index is 0. The van der Waals surface area contributed by atoms with Gasteiger partial charge in [0.2, 0.25) is 11.7 Å². The summed E-state index contributed by atoms with van der Waals surface area (Å²) in [5.41, 5.74) is 6.43. The molecule has 0 aromatic carbocycles. The van der Waals surface area contributed by atoms with E-state index in [4.69, 9.17) is 15.2 Å². The van der Waals surface area contributed by atoms with Crippen molar-refractivity contribution in [2.24, 2.45) is 11.7 Å². The molecule has 3 unspecified atom stereocenters. The Morgan fingerprint density at radius 2 is 1.76 bits per heavy atom. The van der Waals surface area contributed by atoms with Gasteiger partial charge in [0.05, 0.1) is 18.9 Å². The number of hydrogen-bond donors (Lipinski definition) is 3. The summed E-state index contributed by atoms with van der Waals surface area (Å²) < 4.78 is 10.0. The van der Waals surface area contributed by atoms with Crippen LogP contribution in [0.1, 0.15) is 48.4 Å². The Labute approximate surface area is 207 Å². The summed E-state index contributed by atoms with van der Waals surface area (Å²) in [5, 5.41) is 5.72. The number of carbonyl (C=O) groups is 2. The second-order valence-corrected chi connectivity index (χ2v) is 8.05. The standard InChI is InChI=1S/C21H34N6O4.2ClH/c1-30-9-7-23-20(28)17-11-14-5-3-4-6-16(14)27(17)18-12-15(13-22)25-19(26-18)21(29)24-8-10-31-2;;/h12,14,16-17H,3-11,13,22H2,1-2H3,(H,23,28)(H,24,29);2*1H. The molecular weight excluding hydrogens is 471 g/mol. The quantitative estimate of drug-likeness (QED) is 0.401. The van der Waals surface area contributed by atoms with E-state index in [1.54, 1.807) is 20.3 Å². The van der Waals surface area contributed by atoms with Crippen LogP contribution in [-0.4, -0.2) is 74.4 Å². The first kappa shape index (κ1) is 29.3. The van der Waals surface area contributed by atoms with E-state index in [-0.39, 0.29) is 61.1 Å². The summed E-state index contributed by atoms with van der Waals surface area (Å²) in [7, 11) is 3.18. The third kappa shape index (κ3) is 7.38. The highest BCUT2D eigenvalue weighted by molar-refractivity contribution is 5.91. The average molecular weight is 507 g/mol. The Hall–Kier alpha value is -1.72. The van der Waals surface area contributed by atoms with Crippen LogP contribution < -0.4 is 21.3 Å². The van der Waals surface area contributed by atoms with Crippen LogP contribution in [-0.2, 0) is 20.8 Å². The maximum absolute atomic E-state index is 13.0. The zero-order valence-corrected chi connectivity index (χ0v) is 20.9. The smallest absolute Gasteiger partial charge is 0.289 e. The van der Waals surface area contributed by atoms with Crippen LogP contribution in [0.15, 0.2) is 6.07 Å². The van der Waals surface area contributed by atoms with E-state index in [1.165, 1.54) is 6.42 Å². The lowest BCUT2D eigenvalue weighted by Gasteiger charge is -2.34. The number of aromatic nitrogens is 2.